The maximum absolute atomic E-state index is 12.7. The molecule has 1 rings (SSSR count). The van der Waals surface area contributed by atoms with Crippen LogP contribution in [0.4, 0.5) is 8.78 Å². The van der Waals surface area contributed by atoms with Gasteiger partial charge in [0.2, 0.25) is 0 Å². The average molecular weight is 193 g/mol. The Labute approximate surface area is 73.6 Å². The van der Waals surface area contributed by atoms with Crippen molar-refractivity contribution in [3.63, 3.8) is 0 Å². The van der Waals surface area contributed by atoms with Gasteiger partial charge >= 0.3 is 0 Å². The summed E-state index contributed by atoms with van der Waals surface area (Å²) < 4.78 is 25.5. The van der Waals surface area contributed by atoms with Crippen LogP contribution in [0.3, 0.4) is 0 Å². The highest BCUT2D eigenvalue weighted by Crippen LogP contribution is 2.29. The van der Waals surface area contributed by atoms with E-state index in [0.29, 0.717) is 0 Å². The molecule has 0 aliphatic carbocycles. The summed E-state index contributed by atoms with van der Waals surface area (Å²) in [5.41, 5.74) is -0.0887. The van der Waals surface area contributed by atoms with Crippen LogP contribution in [0.2, 0.25) is 5.15 Å². The second-order valence-corrected chi connectivity index (χ2v) is 2.88. The fourth-order valence-corrected chi connectivity index (χ4v) is 1.00. The largest absolute Gasteiger partial charge is 0.287 e. The van der Waals surface area contributed by atoms with E-state index in [1.54, 1.807) is 0 Å². The van der Waals surface area contributed by atoms with Crippen molar-refractivity contribution in [2.75, 3.05) is 0 Å². The quantitative estimate of drug-likeness (QED) is 0.639. The van der Waals surface area contributed by atoms with Crippen molar-refractivity contribution in [1.29, 1.82) is 0 Å². The number of aromatic nitrogens is 2. The highest BCUT2D eigenvalue weighted by molar-refractivity contribution is 6.30. The standard InChI is InChI=1S/C7H7ClF2N2/c1-4-5(7(2,9)10)11-3-12-6(4)8/h3H,1-2H3. The third kappa shape index (κ3) is 1.69. The minimum absolute atomic E-state index is 0.0709. The Morgan fingerprint density at radius 2 is 2.00 bits per heavy atom. The van der Waals surface area contributed by atoms with E-state index in [2.05, 4.69) is 9.97 Å². The lowest BCUT2D eigenvalue weighted by Gasteiger charge is -2.11. The monoisotopic (exact) mass is 192 g/mol. The second kappa shape index (κ2) is 2.94. The number of hydrogen-bond acceptors (Lipinski definition) is 2. The fraction of sp³-hybridized carbons (Fsp3) is 0.429. The van der Waals surface area contributed by atoms with E-state index in [9.17, 15) is 8.78 Å². The molecule has 0 aliphatic rings. The van der Waals surface area contributed by atoms with Gasteiger partial charge in [-0.1, -0.05) is 11.6 Å². The van der Waals surface area contributed by atoms with Crippen LogP contribution in [0.15, 0.2) is 6.33 Å². The molecule has 0 aliphatic heterocycles. The average Bonchev–Trinajstić information content (AvgIpc) is 1.92. The maximum atomic E-state index is 12.7. The van der Waals surface area contributed by atoms with Crippen LogP contribution in [0, 0.1) is 6.92 Å². The summed E-state index contributed by atoms with van der Waals surface area (Å²) in [6, 6.07) is 0. The van der Waals surface area contributed by atoms with Gasteiger partial charge in [-0.05, 0) is 6.92 Å². The Balaban J connectivity index is 3.26. The Morgan fingerprint density at radius 3 is 2.42 bits per heavy atom. The summed E-state index contributed by atoms with van der Waals surface area (Å²) in [7, 11) is 0. The van der Waals surface area contributed by atoms with Crippen molar-refractivity contribution in [3.8, 4) is 0 Å². The van der Waals surface area contributed by atoms with Crippen LogP contribution in [-0.4, -0.2) is 9.97 Å². The first-order valence-electron chi connectivity index (χ1n) is 3.28. The summed E-state index contributed by atoms with van der Waals surface area (Å²) in [6.45, 7) is 2.24. The zero-order chi connectivity index (χ0) is 9.35. The first-order chi connectivity index (χ1) is 5.43. The summed E-state index contributed by atoms with van der Waals surface area (Å²) >= 11 is 5.54. The van der Waals surface area contributed by atoms with Gasteiger partial charge in [0, 0.05) is 12.5 Å². The lowest BCUT2D eigenvalue weighted by molar-refractivity contribution is 0.0119. The molecule has 0 bridgehead atoms. The zero-order valence-electron chi connectivity index (χ0n) is 6.61. The van der Waals surface area contributed by atoms with E-state index in [1.165, 1.54) is 6.92 Å². The van der Waals surface area contributed by atoms with Gasteiger partial charge in [-0.2, -0.15) is 8.78 Å². The number of rotatable bonds is 1. The van der Waals surface area contributed by atoms with E-state index in [1.807, 2.05) is 0 Å². The number of hydrogen-bond donors (Lipinski definition) is 0. The Hall–Kier alpha value is -0.770. The topological polar surface area (TPSA) is 25.8 Å². The van der Waals surface area contributed by atoms with E-state index >= 15 is 0 Å². The normalized spacial score (nSPS) is 11.8. The summed E-state index contributed by atoms with van der Waals surface area (Å²) in [5, 5.41) is 0.0709. The molecular weight excluding hydrogens is 186 g/mol. The third-order valence-corrected chi connectivity index (χ3v) is 1.82. The molecule has 2 nitrogen and oxygen atoms in total. The summed E-state index contributed by atoms with van der Waals surface area (Å²) in [5.74, 6) is -2.96. The Morgan fingerprint density at radius 1 is 1.42 bits per heavy atom. The molecule has 0 atom stereocenters. The molecule has 0 aromatic carbocycles. The van der Waals surface area contributed by atoms with E-state index in [-0.39, 0.29) is 16.4 Å². The molecule has 1 aromatic heterocycles. The number of nitrogens with zero attached hydrogens (tertiary/aromatic N) is 2. The SMILES string of the molecule is Cc1c(Cl)ncnc1C(C)(F)F. The van der Waals surface area contributed by atoms with Crippen LogP contribution in [0.25, 0.3) is 0 Å². The molecule has 0 saturated carbocycles. The van der Waals surface area contributed by atoms with Gasteiger partial charge in [0.05, 0.1) is 0 Å². The summed E-state index contributed by atoms with van der Waals surface area (Å²) in [6.07, 6.45) is 1.03. The molecule has 12 heavy (non-hydrogen) atoms. The van der Waals surface area contributed by atoms with Crippen molar-refractivity contribution in [1.82, 2.24) is 9.97 Å². The van der Waals surface area contributed by atoms with E-state index in [0.717, 1.165) is 13.3 Å². The van der Waals surface area contributed by atoms with Crippen LogP contribution in [0.1, 0.15) is 18.2 Å². The molecule has 0 unspecified atom stereocenters. The van der Waals surface area contributed by atoms with Gasteiger partial charge < -0.3 is 0 Å². The van der Waals surface area contributed by atoms with Crippen molar-refractivity contribution in [2.24, 2.45) is 0 Å². The highest BCUT2D eigenvalue weighted by Gasteiger charge is 2.29. The van der Waals surface area contributed by atoms with Crippen LogP contribution >= 0.6 is 11.6 Å². The minimum atomic E-state index is -2.96. The molecule has 0 N–H and O–H groups in total. The molecule has 1 heterocycles. The Kier molecular flexibility index (Phi) is 2.28. The van der Waals surface area contributed by atoms with E-state index < -0.39 is 5.92 Å². The fourth-order valence-electron chi connectivity index (χ4n) is 0.871. The van der Waals surface area contributed by atoms with Crippen LogP contribution in [-0.2, 0) is 5.92 Å². The Bertz CT molecular complexity index is 296. The molecule has 0 spiro atoms. The predicted octanol–water partition coefficient (Wildman–Crippen LogP) is 2.55. The van der Waals surface area contributed by atoms with Crippen molar-refractivity contribution in [2.45, 2.75) is 19.8 Å². The minimum Gasteiger partial charge on any atom is -0.235 e. The van der Waals surface area contributed by atoms with Crippen LogP contribution in [0.5, 0.6) is 0 Å². The van der Waals surface area contributed by atoms with Gasteiger partial charge in [-0.3, -0.25) is 0 Å². The molecule has 0 amide bonds. The molecule has 0 fully saturated rings. The smallest absolute Gasteiger partial charge is 0.235 e. The second-order valence-electron chi connectivity index (χ2n) is 2.53. The zero-order valence-corrected chi connectivity index (χ0v) is 7.36. The van der Waals surface area contributed by atoms with Gasteiger partial charge in [-0.15, -0.1) is 0 Å². The first-order valence-corrected chi connectivity index (χ1v) is 3.66. The highest BCUT2D eigenvalue weighted by atomic mass is 35.5. The van der Waals surface area contributed by atoms with Crippen molar-refractivity contribution in [3.05, 3.63) is 22.7 Å². The van der Waals surface area contributed by atoms with E-state index in [4.69, 9.17) is 11.6 Å². The maximum Gasteiger partial charge on any atom is 0.287 e. The number of alkyl halides is 2. The molecule has 0 saturated heterocycles. The first kappa shape index (κ1) is 9.32. The molecule has 0 radical (unpaired) electrons. The third-order valence-electron chi connectivity index (χ3n) is 1.44. The van der Waals surface area contributed by atoms with Gasteiger partial charge in [0.15, 0.2) is 0 Å². The van der Waals surface area contributed by atoms with Crippen molar-refractivity contribution >= 4 is 11.6 Å². The van der Waals surface area contributed by atoms with Crippen molar-refractivity contribution < 1.29 is 8.78 Å². The van der Waals surface area contributed by atoms with Crippen LogP contribution < -0.4 is 0 Å². The van der Waals surface area contributed by atoms with Gasteiger partial charge in [-0.25, -0.2) is 9.97 Å². The molecule has 1 aromatic rings. The van der Waals surface area contributed by atoms with Gasteiger partial charge in [0.25, 0.3) is 5.92 Å². The summed E-state index contributed by atoms with van der Waals surface area (Å²) in [4.78, 5) is 7.04. The molecule has 5 heteroatoms. The molecular formula is C7H7ClF2N2. The molecule has 66 valence electrons. The van der Waals surface area contributed by atoms with Gasteiger partial charge in [0.1, 0.15) is 17.2 Å². The lowest BCUT2D eigenvalue weighted by Crippen LogP contribution is -2.12. The number of halogens is 3. The lowest BCUT2D eigenvalue weighted by atomic mass is 10.2. The predicted molar refractivity (Wildman–Crippen MR) is 41.3 cm³/mol.